The fraction of sp³-hybridized carbons (Fsp3) is 0.147. The summed E-state index contributed by atoms with van der Waals surface area (Å²) in [7, 11) is 0. The van der Waals surface area contributed by atoms with E-state index in [1.807, 2.05) is 12.3 Å². The molecule has 4 heterocycles. The molecule has 7 rings (SSSR count). The second-order valence-corrected chi connectivity index (χ2v) is 11.7. The van der Waals surface area contributed by atoms with Crippen molar-refractivity contribution in [1.29, 1.82) is 0 Å². The molecule has 6 nitrogen and oxygen atoms in total. The number of aromatic nitrogens is 5. The maximum absolute atomic E-state index is 5.04. The minimum atomic E-state index is 0.676. The zero-order valence-electron chi connectivity index (χ0n) is 23.0. The van der Waals surface area contributed by atoms with Crippen LogP contribution >= 0.6 is 11.3 Å². The van der Waals surface area contributed by atoms with Crippen LogP contribution in [0.1, 0.15) is 28.5 Å². The van der Waals surface area contributed by atoms with Gasteiger partial charge in [0.2, 0.25) is 0 Å². The van der Waals surface area contributed by atoms with Gasteiger partial charge < -0.3 is 10.3 Å². The number of aryl methyl sites for hydroxylation is 2. The second kappa shape index (κ2) is 10.8. The fourth-order valence-corrected chi connectivity index (χ4v) is 6.24. The Balaban J connectivity index is 1.23. The number of rotatable bonds is 8. The van der Waals surface area contributed by atoms with Gasteiger partial charge in [-0.2, -0.15) is 5.10 Å². The molecular weight excluding hydrogens is 524 g/mol. The molecule has 4 aromatic heterocycles. The molecule has 202 valence electrons. The lowest BCUT2D eigenvalue weighted by molar-refractivity contribution is 0.693. The van der Waals surface area contributed by atoms with Crippen molar-refractivity contribution in [3.05, 3.63) is 113 Å². The Morgan fingerprint density at radius 3 is 2.51 bits per heavy atom. The van der Waals surface area contributed by atoms with E-state index in [9.17, 15) is 0 Å². The number of fused-ring (bicyclic) bond motifs is 2. The molecule has 0 spiro atoms. The number of aromatic amines is 2. The highest BCUT2D eigenvalue weighted by Gasteiger charge is 2.17. The lowest BCUT2D eigenvalue weighted by Crippen LogP contribution is -2.12. The highest BCUT2D eigenvalue weighted by Crippen LogP contribution is 2.35. The van der Waals surface area contributed by atoms with Crippen LogP contribution in [0.5, 0.6) is 0 Å². The first-order valence-electron chi connectivity index (χ1n) is 13.9. The number of nitrogens with one attached hydrogen (secondary N) is 3. The lowest BCUT2D eigenvalue weighted by Gasteiger charge is -2.11. The SMILES string of the molecule is CCc1cc(CNCc2ccccc2)cc(-c2cnc3n[nH]c(-c4nc5c(-c6ccc(C)s6)cccc5[nH]4)c3c2)c1. The normalized spacial score (nSPS) is 11.6. The first-order chi connectivity index (χ1) is 20.1. The Bertz CT molecular complexity index is 1980. The van der Waals surface area contributed by atoms with Crippen molar-refractivity contribution < 1.29 is 0 Å². The quantitative estimate of drug-likeness (QED) is 0.177. The maximum atomic E-state index is 5.04. The van der Waals surface area contributed by atoms with Gasteiger partial charge in [-0.25, -0.2) is 9.97 Å². The van der Waals surface area contributed by atoms with Crippen molar-refractivity contribution in [2.24, 2.45) is 0 Å². The summed E-state index contributed by atoms with van der Waals surface area (Å²) in [6, 6.07) is 30.1. The van der Waals surface area contributed by atoms with Gasteiger partial charge in [0.15, 0.2) is 11.5 Å². The molecule has 0 fully saturated rings. The predicted octanol–water partition coefficient (Wildman–Crippen LogP) is 8.06. The molecule has 0 aliphatic carbocycles. The van der Waals surface area contributed by atoms with Gasteiger partial charge in [-0.05, 0) is 65.9 Å². The Kier molecular flexibility index (Phi) is 6.66. The number of para-hydroxylation sites is 1. The third-order valence-electron chi connectivity index (χ3n) is 7.46. The molecule has 0 atom stereocenters. The third-order valence-corrected chi connectivity index (χ3v) is 8.49. The number of thiophene rings is 1. The van der Waals surface area contributed by atoms with Crippen LogP contribution in [0.3, 0.4) is 0 Å². The van der Waals surface area contributed by atoms with Gasteiger partial charge in [0.05, 0.1) is 16.4 Å². The molecule has 7 aromatic rings. The van der Waals surface area contributed by atoms with Crippen LogP contribution < -0.4 is 5.32 Å². The average molecular weight is 555 g/mol. The van der Waals surface area contributed by atoms with E-state index in [-0.39, 0.29) is 0 Å². The number of hydrogen-bond donors (Lipinski definition) is 3. The summed E-state index contributed by atoms with van der Waals surface area (Å²) in [4.78, 5) is 15.8. The molecule has 0 amide bonds. The monoisotopic (exact) mass is 554 g/mol. The summed E-state index contributed by atoms with van der Waals surface area (Å²) < 4.78 is 0. The van der Waals surface area contributed by atoms with Gasteiger partial charge in [-0.15, -0.1) is 11.3 Å². The van der Waals surface area contributed by atoms with Crippen molar-refractivity contribution in [2.45, 2.75) is 33.4 Å². The maximum Gasteiger partial charge on any atom is 0.181 e. The van der Waals surface area contributed by atoms with Crippen LogP contribution in [-0.2, 0) is 19.5 Å². The first-order valence-corrected chi connectivity index (χ1v) is 14.7. The summed E-state index contributed by atoms with van der Waals surface area (Å²) in [5, 5.41) is 12.2. The topological polar surface area (TPSA) is 82.3 Å². The molecule has 0 aliphatic rings. The smallest absolute Gasteiger partial charge is 0.181 e. The van der Waals surface area contributed by atoms with E-state index in [1.54, 1.807) is 11.3 Å². The highest BCUT2D eigenvalue weighted by molar-refractivity contribution is 7.15. The van der Waals surface area contributed by atoms with Gasteiger partial charge >= 0.3 is 0 Å². The van der Waals surface area contributed by atoms with Crippen LogP contribution in [0.25, 0.3) is 55.2 Å². The summed E-state index contributed by atoms with van der Waals surface area (Å²) >= 11 is 1.78. The molecule has 0 bridgehead atoms. The predicted molar refractivity (Wildman–Crippen MR) is 169 cm³/mol. The molecular formula is C34H30N6S. The van der Waals surface area contributed by atoms with Gasteiger partial charge in [0, 0.05) is 40.2 Å². The van der Waals surface area contributed by atoms with E-state index in [0.29, 0.717) is 5.65 Å². The molecule has 7 heteroatoms. The van der Waals surface area contributed by atoms with Crippen LogP contribution in [-0.4, -0.2) is 25.1 Å². The van der Waals surface area contributed by atoms with Crippen molar-refractivity contribution in [3.63, 3.8) is 0 Å². The molecule has 41 heavy (non-hydrogen) atoms. The number of pyridine rings is 1. The minimum Gasteiger partial charge on any atom is -0.337 e. The molecule has 3 aromatic carbocycles. The first kappa shape index (κ1) is 25.4. The van der Waals surface area contributed by atoms with Crippen LogP contribution in [0.2, 0.25) is 0 Å². The van der Waals surface area contributed by atoms with Gasteiger partial charge in [-0.3, -0.25) is 5.10 Å². The van der Waals surface area contributed by atoms with E-state index in [4.69, 9.17) is 9.97 Å². The summed E-state index contributed by atoms with van der Waals surface area (Å²) in [5.74, 6) is 0.760. The molecule has 0 saturated carbocycles. The van der Waals surface area contributed by atoms with E-state index in [1.165, 1.54) is 26.4 Å². The van der Waals surface area contributed by atoms with Gasteiger partial charge in [-0.1, -0.05) is 61.5 Å². The average Bonchev–Trinajstić information content (AvgIpc) is 3.75. The number of nitrogens with zero attached hydrogens (tertiary/aromatic N) is 3. The number of hydrogen-bond acceptors (Lipinski definition) is 5. The molecule has 0 saturated heterocycles. The van der Waals surface area contributed by atoms with Crippen molar-refractivity contribution in [1.82, 2.24) is 30.5 Å². The van der Waals surface area contributed by atoms with Crippen LogP contribution in [0.15, 0.2) is 91.1 Å². The van der Waals surface area contributed by atoms with Gasteiger partial charge in [0.25, 0.3) is 0 Å². The van der Waals surface area contributed by atoms with Crippen LogP contribution in [0, 0.1) is 6.92 Å². The molecule has 3 N–H and O–H groups in total. The zero-order chi connectivity index (χ0) is 27.8. The largest absolute Gasteiger partial charge is 0.337 e. The molecule has 0 radical (unpaired) electrons. The summed E-state index contributed by atoms with van der Waals surface area (Å²) in [5.41, 5.74) is 10.7. The zero-order valence-corrected chi connectivity index (χ0v) is 23.8. The fourth-order valence-electron chi connectivity index (χ4n) is 5.35. The number of H-pyrrole nitrogens is 2. The number of imidazole rings is 1. The second-order valence-electron chi connectivity index (χ2n) is 10.4. The van der Waals surface area contributed by atoms with E-state index in [2.05, 4.69) is 113 Å². The standard InChI is InChI=1S/C34H30N6S/c1-3-22-14-24(19-35-18-23-8-5-4-6-9-23)16-25(15-22)26-17-28-32(39-40-33(28)36-20-26)34-37-29-11-7-10-27(31(29)38-34)30-13-12-21(2)41-30/h4-17,20,35H,3,18-19H2,1-2H3,(H,37,38)(H,36,39,40). The van der Waals surface area contributed by atoms with Crippen molar-refractivity contribution in [2.75, 3.05) is 0 Å². The van der Waals surface area contributed by atoms with Crippen molar-refractivity contribution in [3.8, 4) is 33.1 Å². The Morgan fingerprint density at radius 1 is 0.829 bits per heavy atom. The van der Waals surface area contributed by atoms with E-state index < -0.39 is 0 Å². The lowest BCUT2D eigenvalue weighted by atomic mass is 9.99. The third kappa shape index (κ3) is 5.06. The summed E-state index contributed by atoms with van der Waals surface area (Å²) in [6.45, 7) is 5.96. The van der Waals surface area contributed by atoms with E-state index >= 15 is 0 Å². The van der Waals surface area contributed by atoms with Crippen LogP contribution in [0.4, 0.5) is 0 Å². The molecule has 0 unspecified atom stereocenters. The minimum absolute atomic E-state index is 0.676. The van der Waals surface area contributed by atoms with Crippen molar-refractivity contribution >= 4 is 33.4 Å². The number of benzene rings is 3. The molecule has 0 aliphatic heterocycles. The Labute approximate surface area is 242 Å². The summed E-state index contributed by atoms with van der Waals surface area (Å²) in [6.07, 6.45) is 2.88. The Hall–Kier alpha value is -4.59. The Morgan fingerprint density at radius 2 is 1.68 bits per heavy atom. The van der Waals surface area contributed by atoms with Gasteiger partial charge in [0.1, 0.15) is 5.69 Å². The highest BCUT2D eigenvalue weighted by atomic mass is 32.1. The van der Waals surface area contributed by atoms with E-state index in [0.717, 1.165) is 64.1 Å².